The van der Waals surface area contributed by atoms with E-state index in [1.807, 2.05) is 6.07 Å². The van der Waals surface area contributed by atoms with Crippen molar-refractivity contribution < 1.29 is 4.39 Å². The summed E-state index contributed by atoms with van der Waals surface area (Å²) in [5.74, 6) is -0.142. The third kappa shape index (κ3) is 1.06. The Kier molecular flexibility index (Phi) is 1.64. The molecule has 0 spiro atoms. The van der Waals surface area contributed by atoms with Gasteiger partial charge in [-0.15, -0.1) is 11.3 Å². The Morgan fingerprint density at radius 3 is 2.73 bits per heavy atom. The van der Waals surface area contributed by atoms with Crippen LogP contribution in [0, 0.1) is 5.82 Å². The van der Waals surface area contributed by atoms with Crippen LogP contribution in [0.15, 0.2) is 29.6 Å². The number of fused-ring (bicyclic) bond motifs is 3. The molecule has 1 aromatic carbocycles. The van der Waals surface area contributed by atoms with Crippen LogP contribution in [0.1, 0.15) is 25.0 Å². The van der Waals surface area contributed by atoms with Gasteiger partial charge in [-0.2, -0.15) is 0 Å². The van der Waals surface area contributed by atoms with Crippen LogP contribution >= 0.6 is 11.3 Å². The highest BCUT2D eigenvalue weighted by atomic mass is 32.1. The fourth-order valence-electron chi connectivity index (χ4n) is 2.39. The van der Waals surface area contributed by atoms with Gasteiger partial charge in [0.25, 0.3) is 0 Å². The first kappa shape index (κ1) is 9.10. The molecule has 0 N–H and O–H groups in total. The van der Waals surface area contributed by atoms with Crippen LogP contribution in [-0.4, -0.2) is 0 Å². The van der Waals surface area contributed by atoms with E-state index in [2.05, 4.69) is 25.3 Å². The number of hydrogen-bond acceptors (Lipinski definition) is 1. The predicted molar refractivity (Wildman–Crippen MR) is 61.8 cm³/mol. The van der Waals surface area contributed by atoms with E-state index in [0.29, 0.717) is 0 Å². The molecule has 3 rings (SSSR count). The highest BCUT2D eigenvalue weighted by Gasteiger charge is 2.36. The monoisotopic (exact) mass is 218 g/mol. The molecular formula is C13H11FS. The third-order valence-electron chi connectivity index (χ3n) is 3.24. The van der Waals surface area contributed by atoms with Crippen LogP contribution < -0.4 is 0 Å². The summed E-state index contributed by atoms with van der Waals surface area (Å²) in [4.78, 5) is 1.30. The van der Waals surface area contributed by atoms with E-state index in [-0.39, 0.29) is 11.2 Å². The molecule has 1 heterocycles. The molecule has 0 saturated carbocycles. The van der Waals surface area contributed by atoms with Crippen molar-refractivity contribution in [2.75, 3.05) is 0 Å². The second-order valence-electron chi connectivity index (χ2n) is 4.48. The Balaban J connectivity index is 2.39. The average Bonchev–Trinajstić information content (AvgIpc) is 2.72. The molecule has 0 amide bonds. The minimum Gasteiger partial charge on any atom is -0.207 e. The number of hydrogen-bond donors (Lipinski definition) is 0. The lowest BCUT2D eigenvalue weighted by molar-refractivity contribution is 0.609. The van der Waals surface area contributed by atoms with Crippen molar-refractivity contribution in [2.45, 2.75) is 19.3 Å². The van der Waals surface area contributed by atoms with Crippen LogP contribution in [0.5, 0.6) is 0 Å². The Hall–Kier alpha value is -1.15. The van der Waals surface area contributed by atoms with Crippen LogP contribution in [0.4, 0.5) is 4.39 Å². The molecule has 0 nitrogen and oxygen atoms in total. The first-order valence-corrected chi connectivity index (χ1v) is 5.87. The van der Waals surface area contributed by atoms with Gasteiger partial charge < -0.3 is 0 Å². The predicted octanol–water partition coefficient (Wildman–Crippen LogP) is 4.19. The second-order valence-corrected chi connectivity index (χ2v) is 5.39. The van der Waals surface area contributed by atoms with Crippen LogP contribution in [0.25, 0.3) is 10.4 Å². The molecule has 0 saturated heterocycles. The molecule has 1 aliphatic carbocycles. The Morgan fingerprint density at radius 1 is 1.13 bits per heavy atom. The molecule has 0 fully saturated rings. The number of halogens is 1. The van der Waals surface area contributed by atoms with E-state index in [9.17, 15) is 4.39 Å². The van der Waals surface area contributed by atoms with Gasteiger partial charge in [0.1, 0.15) is 5.82 Å². The number of rotatable bonds is 0. The summed E-state index contributed by atoms with van der Waals surface area (Å²) in [6, 6.07) is 7.26. The van der Waals surface area contributed by atoms with Crippen LogP contribution in [0.2, 0.25) is 0 Å². The van der Waals surface area contributed by atoms with Gasteiger partial charge in [-0.1, -0.05) is 19.9 Å². The largest absolute Gasteiger partial charge is 0.207 e. The SMILES string of the molecule is CC1(C)c2cc(F)ccc2-c2sccc21. The molecule has 2 heteroatoms. The molecule has 0 unspecified atom stereocenters. The quantitative estimate of drug-likeness (QED) is 0.622. The van der Waals surface area contributed by atoms with Gasteiger partial charge in [-0.25, -0.2) is 4.39 Å². The van der Waals surface area contributed by atoms with Crippen LogP contribution in [0.3, 0.4) is 0 Å². The van der Waals surface area contributed by atoms with Gasteiger partial charge in [-0.3, -0.25) is 0 Å². The molecule has 1 aromatic heterocycles. The lowest BCUT2D eigenvalue weighted by atomic mass is 9.83. The molecular weight excluding hydrogens is 207 g/mol. The fraction of sp³-hybridized carbons (Fsp3) is 0.231. The Labute approximate surface area is 92.4 Å². The number of thiophene rings is 1. The maximum absolute atomic E-state index is 13.2. The van der Waals surface area contributed by atoms with Crippen molar-refractivity contribution in [3.05, 3.63) is 46.6 Å². The molecule has 0 aliphatic heterocycles. The van der Waals surface area contributed by atoms with Crippen molar-refractivity contribution in [3.63, 3.8) is 0 Å². The summed E-state index contributed by atoms with van der Waals surface area (Å²) in [6.07, 6.45) is 0. The Bertz CT molecular complexity index is 537. The third-order valence-corrected chi connectivity index (χ3v) is 4.19. The molecule has 2 aromatic rings. The number of benzene rings is 1. The van der Waals surface area contributed by atoms with Gasteiger partial charge in [0.05, 0.1) is 0 Å². The zero-order valence-corrected chi connectivity index (χ0v) is 9.49. The standard InChI is InChI=1S/C13H11FS/c1-13(2)10-5-6-15-12(10)9-4-3-8(14)7-11(9)13/h3-7H,1-2H3. The van der Waals surface area contributed by atoms with Gasteiger partial charge in [-0.05, 0) is 40.3 Å². The van der Waals surface area contributed by atoms with Crippen molar-refractivity contribution in [2.24, 2.45) is 0 Å². The van der Waals surface area contributed by atoms with Crippen molar-refractivity contribution >= 4 is 11.3 Å². The Morgan fingerprint density at radius 2 is 1.93 bits per heavy atom. The van der Waals surface area contributed by atoms with E-state index in [1.54, 1.807) is 23.5 Å². The minimum atomic E-state index is -0.142. The zero-order valence-electron chi connectivity index (χ0n) is 8.67. The van der Waals surface area contributed by atoms with Gasteiger partial charge in [0.2, 0.25) is 0 Å². The summed E-state index contributed by atoms with van der Waals surface area (Å²) >= 11 is 1.74. The molecule has 15 heavy (non-hydrogen) atoms. The summed E-state index contributed by atoms with van der Waals surface area (Å²) in [7, 11) is 0. The normalized spacial score (nSPS) is 16.2. The van der Waals surface area contributed by atoms with E-state index in [0.717, 1.165) is 5.56 Å². The molecule has 0 atom stereocenters. The van der Waals surface area contributed by atoms with Crippen molar-refractivity contribution in [1.82, 2.24) is 0 Å². The highest BCUT2D eigenvalue weighted by Crippen LogP contribution is 2.50. The smallest absolute Gasteiger partial charge is 0.123 e. The summed E-state index contributed by atoms with van der Waals surface area (Å²) in [6.45, 7) is 4.31. The zero-order chi connectivity index (χ0) is 10.6. The minimum absolute atomic E-state index is 0.0488. The first-order valence-electron chi connectivity index (χ1n) is 4.99. The first-order chi connectivity index (χ1) is 7.10. The average molecular weight is 218 g/mol. The van der Waals surface area contributed by atoms with Crippen molar-refractivity contribution in [3.8, 4) is 10.4 Å². The van der Waals surface area contributed by atoms with E-state index in [1.165, 1.54) is 16.0 Å². The maximum atomic E-state index is 13.2. The van der Waals surface area contributed by atoms with Crippen molar-refractivity contribution in [1.29, 1.82) is 0 Å². The molecule has 76 valence electrons. The van der Waals surface area contributed by atoms with Gasteiger partial charge >= 0.3 is 0 Å². The van der Waals surface area contributed by atoms with E-state index < -0.39 is 0 Å². The summed E-state index contributed by atoms with van der Waals surface area (Å²) < 4.78 is 13.2. The lowest BCUT2D eigenvalue weighted by Crippen LogP contribution is -2.14. The van der Waals surface area contributed by atoms with Gasteiger partial charge in [0, 0.05) is 10.3 Å². The van der Waals surface area contributed by atoms with E-state index >= 15 is 0 Å². The summed E-state index contributed by atoms with van der Waals surface area (Å²) in [5, 5.41) is 2.11. The molecule has 1 aliphatic rings. The highest BCUT2D eigenvalue weighted by molar-refractivity contribution is 7.13. The fourth-order valence-corrected chi connectivity index (χ4v) is 3.48. The van der Waals surface area contributed by atoms with Crippen LogP contribution in [-0.2, 0) is 5.41 Å². The molecule has 0 bridgehead atoms. The molecule has 0 radical (unpaired) electrons. The van der Waals surface area contributed by atoms with E-state index in [4.69, 9.17) is 0 Å². The second kappa shape index (κ2) is 2.70. The maximum Gasteiger partial charge on any atom is 0.123 e. The topological polar surface area (TPSA) is 0 Å². The lowest BCUT2D eigenvalue weighted by Gasteiger charge is -2.20. The van der Waals surface area contributed by atoms with Gasteiger partial charge in [0.15, 0.2) is 0 Å². The summed E-state index contributed by atoms with van der Waals surface area (Å²) in [5.41, 5.74) is 3.59.